The lowest BCUT2D eigenvalue weighted by molar-refractivity contribution is 0.101. The van der Waals surface area contributed by atoms with Crippen molar-refractivity contribution in [3.05, 3.63) is 80.1 Å². The number of hydrogen-bond acceptors (Lipinski definition) is 5. The van der Waals surface area contributed by atoms with E-state index >= 15 is 0 Å². The molecule has 10 heteroatoms. The van der Waals surface area contributed by atoms with Crippen molar-refractivity contribution in [3.8, 4) is 0 Å². The van der Waals surface area contributed by atoms with Gasteiger partial charge in [-0.25, -0.2) is 0 Å². The maximum Gasteiger partial charge on any atom is 0.278 e. The molecule has 0 saturated heterocycles. The lowest BCUT2D eigenvalue weighted by Gasteiger charge is -2.08. The smallest absolute Gasteiger partial charge is 0.278 e. The van der Waals surface area contributed by atoms with Crippen LogP contribution in [0.1, 0.15) is 38.8 Å². The number of hydrogen-bond donors (Lipinski definition) is 1. The second kappa shape index (κ2) is 8.68. The van der Waals surface area contributed by atoms with Gasteiger partial charge < -0.3 is 9.84 Å². The summed E-state index contributed by atoms with van der Waals surface area (Å²) >= 11 is 9.63. The van der Waals surface area contributed by atoms with E-state index in [1.54, 1.807) is 17.8 Å². The van der Waals surface area contributed by atoms with Gasteiger partial charge in [0.15, 0.2) is 5.69 Å². The van der Waals surface area contributed by atoms with Crippen molar-refractivity contribution in [2.24, 2.45) is 0 Å². The molecule has 3 aromatic heterocycles. The number of aryl methyl sites for hydroxylation is 2. The maximum absolute atomic E-state index is 12.9. The molecule has 3 heterocycles. The highest BCUT2D eigenvalue weighted by Crippen LogP contribution is 2.23. The summed E-state index contributed by atoms with van der Waals surface area (Å²) in [7, 11) is 0. The van der Waals surface area contributed by atoms with E-state index in [9.17, 15) is 4.79 Å². The van der Waals surface area contributed by atoms with Crippen molar-refractivity contribution in [2.75, 3.05) is 5.32 Å². The standard InChI is InChI=1S/C21H20BrClN6O2/c1-12-19(23)13(2)29(26-12)11-18-14(3)31-27-20(18)21(30)25-17-6-4-15(5-7-17)9-28-10-16(22)8-24-28/h4-8,10H,9,11H2,1-3H3,(H,25,30). The number of amides is 1. The molecular formula is C21H20BrClN6O2. The van der Waals surface area contributed by atoms with E-state index in [-0.39, 0.29) is 11.6 Å². The van der Waals surface area contributed by atoms with Crippen LogP contribution in [-0.2, 0) is 13.1 Å². The summed E-state index contributed by atoms with van der Waals surface area (Å²) in [5.41, 5.74) is 4.18. The van der Waals surface area contributed by atoms with Crippen LogP contribution in [0.2, 0.25) is 5.02 Å². The molecule has 1 N–H and O–H groups in total. The van der Waals surface area contributed by atoms with Crippen LogP contribution in [0.4, 0.5) is 5.69 Å². The number of halogens is 2. The quantitative estimate of drug-likeness (QED) is 0.410. The summed E-state index contributed by atoms with van der Waals surface area (Å²) in [5, 5.41) is 16.1. The Labute approximate surface area is 192 Å². The third-order valence-corrected chi connectivity index (χ3v) is 5.92. The summed E-state index contributed by atoms with van der Waals surface area (Å²) in [6, 6.07) is 7.58. The number of nitrogens with zero attached hydrogens (tertiary/aromatic N) is 5. The van der Waals surface area contributed by atoms with E-state index in [4.69, 9.17) is 16.1 Å². The van der Waals surface area contributed by atoms with Crippen LogP contribution in [0.25, 0.3) is 0 Å². The molecule has 4 aromatic rings. The average Bonchev–Trinajstić information content (AvgIpc) is 3.39. The van der Waals surface area contributed by atoms with Crippen LogP contribution in [0.15, 0.2) is 45.7 Å². The molecule has 0 unspecified atom stereocenters. The van der Waals surface area contributed by atoms with Gasteiger partial charge in [0.1, 0.15) is 5.76 Å². The molecule has 8 nitrogen and oxygen atoms in total. The minimum atomic E-state index is -0.344. The molecule has 0 saturated carbocycles. The van der Waals surface area contributed by atoms with Crippen molar-refractivity contribution in [2.45, 2.75) is 33.9 Å². The summed E-state index contributed by atoms with van der Waals surface area (Å²) in [6.07, 6.45) is 3.65. The number of benzene rings is 1. The predicted molar refractivity (Wildman–Crippen MR) is 120 cm³/mol. The topological polar surface area (TPSA) is 90.8 Å². The van der Waals surface area contributed by atoms with Crippen LogP contribution in [0.5, 0.6) is 0 Å². The Kier molecular flexibility index (Phi) is 5.97. The monoisotopic (exact) mass is 502 g/mol. The molecule has 4 rings (SSSR count). The largest absolute Gasteiger partial charge is 0.361 e. The van der Waals surface area contributed by atoms with E-state index in [2.05, 4.69) is 36.6 Å². The van der Waals surface area contributed by atoms with E-state index in [0.29, 0.717) is 35.1 Å². The van der Waals surface area contributed by atoms with Gasteiger partial charge in [-0.15, -0.1) is 0 Å². The number of anilines is 1. The highest BCUT2D eigenvalue weighted by Gasteiger charge is 2.22. The molecule has 0 aliphatic rings. The van der Waals surface area contributed by atoms with Crippen LogP contribution in [-0.4, -0.2) is 30.6 Å². The van der Waals surface area contributed by atoms with E-state index < -0.39 is 0 Å². The van der Waals surface area contributed by atoms with Crippen LogP contribution < -0.4 is 5.32 Å². The van der Waals surface area contributed by atoms with Crippen molar-refractivity contribution in [1.29, 1.82) is 0 Å². The minimum Gasteiger partial charge on any atom is -0.361 e. The fraction of sp³-hybridized carbons (Fsp3) is 0.238. The SMILES string of the molecule is Cc1nn(Cc2c(C(=O)Nc3ccc(Cn4cc(Br)cn4)cc3)noc2C)c(C)c1Cl. The predicted octanol–water partition coefficient (Wildman–Crippen LogP) is 4.76. The van der Waals surface area contributed by atoms with E-state index in [1.165, 1.54) is 0 Å². The molecule has 0 atom stereocenters. The third kappa shape index (κ3) is 4.57. The molecule has 1 aromatic carbocycles. The van der Waals surface area contributed by atoms with Crippen LogP contribution >= 0.6 is 27.5 Å². The second-order valence-corrected chi connectivity index (χ2v) is 8.51. The highest BCUT2D eigenvalue weighted by molar-refractivity contribution is 9.10. The lowest BCUT2D eigenvalue weighted by Crippen LogP contribution is -2.16. The molecule has 0 bridgehead atoms. The van der Waals surface area contributed by atoms with Gasteiger partial charge in [0.25, 0.3) is 5.91 Å². The molecule has 0 spiro atoms. The zero-order chi connectivity index (χ0) is 22.1. The molecule has 0 aliphatic heterocycles. The molecule has 0 radical (unpaired) electrons. The Balaban J connectivity index is 1.48. The normalized spacial score (nSPS) is 11.1. The number of carbonyl (C=O) groups excluding carboxylic acids is 1. The molecule has 0 fully saturated rings. The Morgan fingerprint density at radius 1 is 1.19 bits per heavy atom. The van der Waals surface area contributed by atoms with Gasteiger partial charge in [-0.05, 0) is 54.4 Å². The Morgan fingerprint density at radius 2 is 1.94 bits per heavy atom. The molecule has 160 valence electrons. The first-order valence-electron chi connectivity index (χ1n) is 9.54. The summed E-state index contributed by atoms with van der Waals surface area (Å²) in [6.45, 7) is 6.48. The first-order chi connectivity index (χ1) is 14.8. The zero-order valence-corrected chi connectivity index (χ0v) is 19.5. The van der Waals surface area contributed by atoms with Gasteiger partial charge in [-0.2, -0.15) is 10.2 Å². The zero-order valence-electron chi connectivity index (χ0n) is 17.2. The Bertz CT molecular complexity index is 1240. The van der Waals surface area contributed by atoms with Gasteiger partial charge in [-0.1, -0.05) is 28.9 Å². The van der Waals surface area contributed by atoms with Gasteiger partial charge in [0.05, 0.1) is 40.2 Å². The summed E-state index contributed by atoms with van der Waals surface area (Å²) < 4.78 is 9.79. The van der Waals surface area contributed by atoms with E-state index in [0.717, 1.165) is 21.4 Å². The molecule has 31 heavy (non-hydrogen) atoms. The maximum atomic E-state index is 12.9. The second-order valence-electron chi connectivity index (χ2n) is 7.22. The van der Waals surface area contributed by atoms with Crippen molar-refractivity contribution < 1.29 is 9.32 Å². The molecular weight excluding hydrogens is 484 g/mol. The number of rotatable bonds is 6. The summed E-state index contributed by atoms with van der Waals surface area (Å²) in [5.74, 6) is 0.220. The van der Waals surface area contributed by atoms with Gasteiger partial charge >= 0.3 is 0 Å². The number of aromatic nitrogens is 5. The molecule has 0 aliphatic carbocycles. The van der Waals surface area contributed by atoms with E-state index in [1.807, 2.05) is 49.0 Å². The average molecular weight is 504 g/mol. The minimum absolute atomic E-state index is 0.228. The Hall–Kier alpha value is -2.91. The van der Waals surface area contributed by atoms with Gasteiger partial charge in [0.2, 0.25) is 0 Å². The van der Waals surface area contributed by atoms with Crippen LogP contribution in [0, 0.1) is 20.8 Å². The van der Waals surface area contributed by atoms with Crippen molar-refractivity contribution >= 4 is 39.1 Å². The first-order valence-corrected chi connectivity index (χ1v) is 10.7. The van der Waals surface area contributed by atoms with Crippen molar-refractivity contribution in [1.82, 2.24) is 24.7 Å². The van der Waals surface area contributed by atoms with Gasteiger partial charge in [0, 0.05) is 17.4 Å². The number of nitrogens with one attached hydrogen (secondary N) is 1. The summed E-state index contributed by atoms with van der Waals surface area (Å²) in [4.78, 5) is 12.9. The third-order valence-electron chi connectivity index (χ3n) is 4.96. The fourth-order valence-corrected chi connectivity index (χ4v) is 3.69. The van der Waals surface area contributed by atoms with Crippen molar-refractivity contribution in [3.63, 3.8) is 0 Å². The molecule has 1 amide bonds. The first kappa shape index (κ1) is 21.3. The lowest BCUT2D eigenvalue weighted by atomic mass is 10.1. The highest BCUT2D eigenvalue weighted by atomic mass is 79.9. The number of carbonyl (C=O) groups is 1. The van der Waals surface area contributed by atoms with Gasteiger partial charge in [-0.3, -0.25) is 14.2 Å². The van der Waals surface area contributed by atoms with Crippen LogP contribution in [0.3, 0.4) is 0 Å². The fourth-order valence-electron chi connectivity index (χ4n) is 3.23. The Morgan fingerprint density at radius 3 is 2.55 bits per heavy atom.